The number of methoxy groups -OCH3 is 1. The number of rotatable bonds is 7. The first-order chi connectivity index (χ1) is 21.0. The standard InChI is InChI=1S/C35H47NO9/c1-20(2)21(3)16-29(38)45-27-18-26-31(5)12-11-25(44-30(39)23-8-9-28(43-7)36-19-23)17-24(31)10-13-34(26,41)35(42)15-14-33(40,22(4)37)32(27,35)6/h8-10,16,19-20,25-27,40-42H,11-15,17-18H2,1-7H3/b21-16+/t25-,26+,27+,31-,32+,33+,34-,35+/m0/s1. The van der Waals surface area contributed by atoms with Gasteiger partial charge in [-0.1, -0.05) is 38.0 Å². The Balaban J connectivity index is 1.48. The van der Waals surface area contributed by atoms with Gasteiger partial charge in [0.25, 0.3) is 0 Å². The molecule has 0 aromatic carbocycles. The molecule has 10 heteroatoms. The summed E-state index contributed by atoms with van der Waals surface area (Å²) in [5.41, 5.74) is -5.79. The van der Waals surface area contributed by atoms with E-state index in [0.29, 0.717) is 30.7 Å². The molecule has 45 heavy (non-hydrogen) atoms. The highest BCUT2D eigenvalue weighted by Gasteiger charge is 2.81. The van der Waals surface area contributed by atoms with Crippen molar-refractivity contribution in [2.24, 2.45) is 22.7 Å². The molecule has 1 aromatic heterocycles. The average molecular weight is 626 g/mol. The van der Waals surface area contributed by atoms with Gasteiger partial charge in [0.2, 0.25) is 5.88 Å². The number of ether oxygens (including phenoxy) is 3. The van der Waals surface area contributed by atoms with Gasteiger partial charge in [-0.2, -0.15) is 0 Å². The minimum absolute atomic E-state index is 0.0309. The molecular weight excluding hydrogens is 578 g/mol. The summed E-state index contributed by atoms with van der Waals surface area (Å²) in [5.74, 6) is -1.70. The van der Waals surface area contributed by atoms with Gasteiger partial charge < -0.3 is 29.5 Å². The lowest BCUT2D eigenvalue weighted by molar-refractivity contribution is -0.314. The Morgan fingerprint density at radius 1 is 1.04 bits per heavy atom. The zero-order chi connectivity index (χ0) is 33.2. The van der Waals surface area contributed by atoms with Crippen LogP contribution in [0.15, 0.2) is 41.6 Å². The molecule has 1 aromatic rings. The van der Waals surface area contributed by atoms with Crippen molar-refractivity contribution in [3.05, 3.63) is 47.2 Å². The number of aliphatic hydroxyl groups is 3. The molecular formula is C35H47NO9. The molecule has 3 fully saturated rings. The minimum atomic E-state index is -2.00. The number of pyridine rings is 1. The number of nitrogens with zero attached hydrogens (tertiary/aromatic N) is 1. The Labute approximate surface area is 264 Å². The smallest absolute Gasteiger partial charge is 0.339 e. The highest BCUT2D eigenvalue weighted by Crippen LogP contribution is 2.71. The number of hydrogen-bond acceptors (Lipinski definition) is 10. The van der Waals surface area contributed by atoms with Crippen LogP contribution in [0.5, 0.6) is 5.88 Å². The molecule has 0 aliphatic heterocycles. The number of fused-ring (bicyclic) bond motifs is 5. The van der Waals surface area contributed by atoms with Gasteiger partial charge in [-0.3, -0.25) is 4.79 Å². The fourth-order valence-electron chi connectivity index (χ4n) is 8.82. The number of hydrogen-bond donors (Lipinski definition) is 3. The summed E-state index contributed by atoms with van der Waals surface area (Å²) in [6.45, 7) is 10.7. The third-order valence-corrected chi connectivity index (χ3v) is 12.1. The van der Waals surface area contributed by atoms with Gasteiger partial charge in [0.1, 0.15) is 29.0 Å². The Kier molecular flexibility index (Phi) is 8.37. The number of esters is 2. The summed E-state index contributed by atoms with van der Waals surface area (Å²) >= 11 is 0. The highest BCUT2D eigenvalue weighted by molar-refractivity contribution is 5.89. The SMILES string of the molecule is COc1ccc(C(=O)O[C@H]2CC[C@@]3(C)C(=CC[C@]4(O)[C@@H]3C[C@@H](OC(=O)/C=C(\C)C(C)C)[C@@]3(C)[C@]4(O)CC[C@@]3(O)C(C)=O)C2)cn1. The monoisotopic (exact) mass is 625 g/mol. The second kappa shape index (κ2) is 11.3. The Morgan fingerprint density at radius 2 is 1.76 bits per heavy atom. The summed E-state index contributed by atoms with van der Waals surface area (Å²) < 4.78 is 17.0. The molecule has 246 valence electrons. The first-order valence-electron chi connectivity index (χ1n) is 15.9. The van der Waals surface area contributed by atoms with Crippen molar-refractivity contribution in [3.8, 4) is 5.88 Å². The first-order valence-corrected chi connectivity index (χ1v) is 15.9. The van der Waals surface area contributed by atoms with E-state index in [1.165, 1.54) is 26.3 Å². The van der Waals surface area contributed by atoms with Crippen molar-refractivity contribution in [2.45, 2.75) is 115 Å². The Bertz CT molecular complexity index is 1430. The average Bonchev–Trinajstić information content (AvgIpc) is 3.22. The predicted octanol–water partition coefficient (Wildman–Crippen LogP) is 4.25. The molecule has 0 spiro atoms. The number of carbonyl (C=O) groups is 3. The van der Waals surface area contributed by atoms with Crippen LogP contribution in [0.4, 0.5) is 0 Å². The quantitative estimate of drug-likeness (QED) is 0.228. The molecule has 8 atom stereocenters. The van der Waals surface area contributed by atoms with Crippen molar-refractivity contribution >= 4 is 17.7 Å². The van der Waals surface area contributed by atoms with E-state index < -0.39 is 63.5 Å². The van der Waals surface area contributed by atoms with Gasteiger partial charge in [-0.15, -0.1) is 0 Å². The van der Waals surface area contributed by atoms with Crippen LogP contribution in [0.3, 0.4) is 0 Å². The Morgan fingerprint density at radius 3 is 2.36 bits per heavy atom. The van der Waals surface area contributed by atoms with Gasteiger partial charge in [0, 0.05) is 30.7 Å². The molecule has 3 saturated carbocycles. The second-order valence-electron chi connectivity index (χ2n) is 14.4. The van der Waals surface area contributed by atoms with Gasteiger partial charge in [-0.25, -0.2) is 14.6 Å². The summed E-state index contributed by atoms with van der Waals surface area (Å²) in [6.07, 6.45) is 4.95. The van der Waals surface area contributed by atoms with Crippen LogP contribution in [-0.4, -0.2) is 74.1 Å². The van der Waals surface area contributed by atoms with E-state index in [2.05, 4.69) is 4.98 Å². The van der Waals surface area contributed by atoms with E-state index in [1.807, 2.05) is 33.8 Å². The fraction of sp³-hybridized carbons (Fsp3) is 0.657. The van der Waals surface area contributed by atoms with Gasteiger partial charge in [-0.05, 0) is 76.7 Å². The van der Waals surface area contributed by atoms with E-state index in [9.17, 15) is 29.7 Å². The van der Waals surface area contributed by atoms with Crippen molar-refractivity contribution in [3.63, 3.8) is 0 Å². The third kappa shape index (κ3) is 4.86. The molecule has 0 amide bonds. The van der Waals surface area contributed by atoms with E-state index >= 15 is 0 Å². The number of aromatic nitrogens is 1. The second-order valence-corrected chi connectivity index (χ2v) is 14.4. The van der Waals surface area contributed by atoms with Crippen LogP contribution < -0.4 is 4.74 Å². The number of allylic oxidation sites excluding steroid dienone is 1. The van der Waals surface area contributed by atoms with Crippen LogP contribution in [0.25, 0.3) is 0 Å². The van der Waals surface area contributed by atoms with Crippen LogP contribution in [0.2, 0.25) is 0 Å². The lowest BCUT2D eigenvalue weighted by atomic mass is 9.42. The van der Waals surface area contributed by atoms with Crippen LogP contribution in [0.1, 0.15) is 96.8 Å². The van der Waals surface area contributed by atoms with E-state index in [0.717, 1.165) is 11.1 Å². The maximum Gasteiger partial charge on any atom is 0.339 e. The largest absolute Gasteiger partial charge is 0.481 e. The summed E-state index contributed by atoms with van der Waals surface area (Å²) in [4.78, 5) is 43.3. The van der Waals surface area contributed by atoms with Crippen molar-refractivity contribution in [1.29, 1.82) is 0 Å². The van der Waals surface area contributed by atoms with Gasteiger partial charge in [0.15, 0.2) is 5.78 Å². The minimum Gasteiger partial charge on any atom is -0.481 e. The molecule has 3 N–H and O–H groups in total. The van der Waals surface area contributed by atoms with E-state index in [-0.39, 0.29) is 31.6 Å². The van der Waals surface area contributed by atoms with Gasteiger partial charge >= 0.3 is 11.9 Å². The summed E-state index contributed by atoms with van der Waals surface area (Å²) in [7, 11) is 1.50. The molecule has 4 aliphatic carbocycles. The molecule has 4 aliphatic rings. The zero-order valence-corrected chi connectivity index (χ0v) is 27.4. The Hall–Kier alpha value is -3.08. The topological polar surface area (TPSA) is 152 Å². The highest BCUT2D eigenvalue weighted by atomic mass is 16.6. The number of Topliss-reactive ketones (excluding diaryl/α,β-unsaturated/α-hetero) is 1. The van der Waals surface area contributed by atoms with Crippen molar-refractivity contribution in [2.75, 3.05) is 7.11 Å². The fourth-order valence-corrected chi connectivity index (χ4v) is 8.82. The molecule has 5 rings (SSSR count). The zero-order valence-electron chi connectivity index (χ0n) is 27.4. The lowest BCUT2D eigenvalue weighted by Crippen LogP contribution is -2.78. The molecule has 0 radical (unpaired) electrons. The van der Waals surface area contributed by atoms with E-state index in [4.69, 9.17) is 14.2 Å². The molecule has 0 unspecified atom stereocenters. The summed E-state index contributed by atoms with van der Waals surface area (Å²) in [5, 5.41) is 37.1. The van der Waals surface area contributed by atoms with E-state index in [1.54, 1.807) is 19.1 Å². The number of ketones is 1. The van der Waals surface area contributed by atoms with Crippen LogP contribution in [0, 0.1) is 22.7 Å². The molecule has 1 heterocycles. The predicted molar refractivity (Wildman–Crippen MR) is 164 cm³/mol. The summed E-state index contributed by atoms with van der Waals surface area (Å²) in [6, 6.07) is 3.20. The maximum atomic E-state index is 13.3. The van der Waals surface area contributed by atoms with Crippen molar-refractivity contribution < 1.29 is 43.9 Å². The van der Waals surface area contributed by atoms with Crippen LogP contribution >= 0.6 is 0 Å². The molecule has 0 saturated heterocycles. The molecule has 0 bridgehead atoms. The van der Waals surface area contributed by atoms with Gasteiger partial charge in [0.05, 0.1) is 18.1 Å². The first kappa shape index (κ1) is 33.3. The number of carbonyl (C=O) groups excluding carboxylic acids is 3. The third-order valence-electron chi connectivity index (χ3n) is 12.1. The lowest BCUT2D eigenvalue weighted by Gasteiger charge is -2.67. The molecule has 10 nitrogen and oxygen atoms in total. The van der Waals surface area contributed by atoms with Crippen LogP contribution in [-0.2, 0) is 19.1 Å². The normalized spacial score (nSPS) is 39.2. The van der Waals surface area contributed by atoms with Crippen molar-refractivity contribution in [1.82, 2.24) is 4.98 Å². The maximum absolute atomic E-state index is 13.3.